The van der Waals surface area contributed by atoms with Gasteiger partial charge < -0.3 is 14.6 Å². The maximum atomic E-state index is 10.1. The molecule has 0 aromatic heterocycles. The molecule has 3 nitrogen and oxygen atoms in total. The zero-order chi connectivity index (χ0) is 16.7. The second-order valence-corrected chi connectivity index (χ2v) is 6.65. The fourth-order valence-corrected chi connectivity index (χ4v) is 2.84. The van der Waals surface area contributed by atoms with Crippen molar-refractivity contribution < 1.29 is 14.6 Å². The minimum absolute atomic E-state index is 0.334. The number of aliphatic hydroxyl groups is 1. The van der Waals surface area contributed by atoms with Crippen LogP contribution in [0.5, 0.6) is 11.5 Å². The molecule has 0 saturated heterocycles. The fourth-order valence-electron chi connectivity index (χ4n) is 2.84. The summed E-state index contributed by atoms with van der Waals surface area (Å²) in [6.45, 7) is 6.52. The third-order valence-corrected chi connectivity index (χ3v) is 4.73. The smallest absolute Gasteiger partial charge is 0.231 e. The van der Waals surface area contributed by atoms with Crippen LogP contribution in [0.3, 0.4) is 0 Å². The molecule has 0 aliphatic carbocycles. The first kappa shape index (κ1) is 17.9. The molecule has 1 N–H and O–H groups in total. The predicted octanol–water partition coefficient (Wildman–Crippen LogP) is 5.02. The molecule has 1 aliphatic rings. The van der Waals surface area contributed by atoms with E-state index >= 15 is 0 Å². The van der Waals surface area contributed by atoms with Gasteiger partial charge in [0.1, 0.15) is 0 Å². The Bertz CT molecular complexity index is 532. The van der Waals surface area contributed by atoms with Crippen molar-refractivity contribution in [1.82, 2.24) is 0 Å². The maximum absolute atomic E-state index is 10.1. The summed E-state index contributed by atoms with van der Waals surface area (Å²) < 4.78 is 10.8. The van der Waals surface area contributed by atoms with Crippen LogP contribution in [0, 0.1) is 0 Å². The van der Waals surface area contributed by atoms with E-state index in [4.69, 9.17) is 9.47 Å². The molecule has 23 heavy (non-hydrogen) atoms. The molecule has 0 saturated carbocycles. The topological polar surface area (TPSA) is 38.7 Å². The molecule has 0 fully saturated rings. The van der Waals surface area contributed by atoms with Crippen molar-refractivity contribution >= 4 is 0 Å². The highest BCUT2D eigenvalue weighted by atomic mass is 16.7. The molecule has 2 rings (SSSR count). The zero-order valence-electron chi connectivity index (χ0n) is 14.7. The van der Waals surface area contributed by atoms with Gasteiger partial charge in [0.05, 0.1) is 5.60 Å². The molecule has 1 unspecified atom stereocenters. The van der Waals surface area contributed by atoms with Gasteiger partial charge in [-0.05, 0) is 69.6 Å². The Kier molecular flexibility index (Phi) is 6.52. The Balaban J connectivity index is 1.78. The molecule has 1 aromatic carbocycles. The number of aryl methyl sites for hydroxylation is 1. The highest BCUT2D eigenvalue weighted by Crippen LogP contribution is 2.32. The number of rotatable bonds is 9. The average molecular weight is 318 g/mol. The number of ether oxygens (including phenoxy) is 2. The van der Waals surface area contributed by atoms with E-state index in [1.165, 1.54) is 11.1 Å². The summed E-state index contributed by atoms with van der Waals surface area (Å²) in [6, 6.07) is 6.20. The van der Waals surface area contributed by atoms with Crippen LogP contribution in [-0.4, -0.2) is 17.5 Å². The summed E-state index contributed by atoms with van der Waals surface area (Å²) >= 11 is 0. The van der Waals surface area contributed by atoms with Gasteiger partial charge in [-0.3, -0.25) is 0 Å². The van der Waals surface area contributed by atoms with E-state index in [0.717, 1.165) is 56.4 Å². The molecule has 1 aliphatic heterocycles. The van der Waals surface area contributed by atoms with E-state index in [0.29, 0.717) is 6.79 Å². The van der Waals surface area contributed by atoms with Crippen molar-refractivity contribution in [3.63, 3.8) is 0 Å². The molecule has 0 radical (unpaired) electrons. The Labute approximate surface area is 140 Å². The molecule has 1 aromatic rings. The van der Waals surface area contributed by atoms with E-state index in [1.54, 1.807) is 0 Å². The minimum Gasteiger partial charge on any atom is -0.454 e. The number of allylic oxidation sites excluding steroid dienone is 2. The molecule has 0 bridgehead atoms. The van der Waals surface area contributed by atoms with Gasteiger partial charge in [-0.2, -0.15) is 0 Å². The van der Waals surface area contributed by atoms with Crippen LogP contribution in [0.1, 0.15) is 64.9 Å². The van der Waals surface area contributed by atoms with Crippen molar-refractivity contribution in [1.29, 1.82) is 0 Å². The molecule has 128 valence electrons. The first-order valence-electron chi connectivity index (χ1n) is 8.83. The third-order valence-electron chi connectivity index (χ3n) is 4.73. The summed E-state index contributed by atoms with van der Waals surface area (Å²) in [6.07, 6.45) is 9.38. The lowest BCUT2D eigenvalue weighted by atomic mass is 9.93. The summed E-state index contributed by atoms with van der Waals surface area (Å²) in [5.74, 6) is 1.71. The first-order chi connectivity index (χ1) is 11.0. The van der Waals surface area contributed by atoms with Crippen LogP contribution in [-0.2, 0) is 6.42 Å². The normalized spacial score (nSPS) is 16.4. The quantitative estimate of drug-likeness (QED) is 0.650. The van der Waals surface area contributed by atoms with Gasteiger partial charge in [0.2, 0.25) is 6.79 Å². The molecular weight excluding hydrogens is 288 g/mol. The molecule has 1 atom stereocenters. The van der Waals surface area contributed by atoms with Gasteiger partial charge in [-0.1, -0.05) is 31.6 Å². The minimum atomic E-state index is -0.509. The van der Waals surface area contributed by atoms with Crippen LogP contribution in [0.15, 0.2) is 29.8 Å². The largest absolute Gasteiger partial charge is 0.454 e. The molecular formula is C20H30O3. The Morgan fingerprint density at radius 2 is 2.04 bits per heavy atom. The predicted molar refractivity (Wildman–Crippen MR) is 94.0 cm³/mol. The van der Waals surface area contributed by atoms with Crippen molar-refractivity contribution in [3.05, 3.63) is 35.4 Å². The van der Waals surface area contributed by atoms with Crippen molar-refractivity contribution in [3.8, 4) is 11.5 Å². The standard InChI is InChI=1S/C20H30O3/c1-4-16(10-7-13-20(3,21)5-2)8-6-9-17-11-12-18-19(14-17)23-15-22-18/h8,11-12,14,21H,4-7,9-10,13,15H2,1-3H3/b16-8+. The Morgan fingerprint density at radius 3 is 2.78 bits per heavy atom. The maximum Gasteiger partial charge on any atom is 0.231 e. The van der Waals surface area contributed by atoms with E-state index in [9.17, 15) is 5.11 Å². The highest BCUT2D eigenvalue weighted by Gasteiger charge is 2.16. The molecule has 0 amide bonds. The summed E-state index contributed by atoms with van der Waals surface area (Å²) in [4.78, 5) is 0. The second kappa shape index (κ2) is 8.39. The second-order valence-electron chi connectivity index (χ2n) is 6.65. The highest BCUT2D eigenvalue weighted by molar-refractivity contribution is 5.44. The number of hydrogen-bond acceptors (Lipinski definition) is 3. The van der Waals surface area contributed by atoms with Gasteiger partial charge >= 0.3 is 0 Å². The first-order valence-corrected chi connectivity index (χ1v) is 8.83. The van der Waals surface area contributed by atoms with Gasteiger partial charge in [-0.15, -0.1) is 0 Å². The van der Waals surface area contributed by atoms with E-state index < -0.39 is 5.60 Å². The lowest BCUT2D eigenvalue weighted by Crippen LogP contribution is -2.22. The molecule has 1 heterocycles. The van der Waals surface area contributed by atoms with E-state index in [-0.39, 0.29) is 0 Å². The number of benzene rings is 1. The molecule has 0 spiro atoms. The van der Waals surface area contributed by atoms with Gasteiger partial charge in [0.15, 0.2) is 11.5 Å². The van der Waals surface area contributed by atoms with E-state index in [1.807, 2.05) is 19.9 Å². The van der Waals surface area contributed by atoms with Gasteiger partial charge in [0.25, 0.3) is 0 Å². The van der Waals surface area contributed by atoms with Gasteiger partial charge in [0, 0.05) is 0 Å². The van der Waals surface area contributed by atoms with E-state index in [2.05, 4.69) is 25.1 Å². The summed E-state index contributed by atoms with van der Waals surface area (Å²) in [7, 11) is 0. The summed E-state index contributed by atoms with van der Waals surface area (Å²) in [5, 5.41) is 10.1. The number of hydrogen-bond donors (Lipinski definition) is 1. The van der Waals surface area contributed by atoms with Crippen LogP contribution >= 0.6 is 0 Å². The molecule has 3 heteroatoms. The van der Waals surface area contributed by atoms with Crippen molar-refractivity contribution in [2.24, 2.45) is 0 Å². The Morgan fingerprint density at radius 1 is 1.26 bits per heavy atom. The van der Waals surface area contributed by atoms with Crippen LogP contribution in [0.4, 0.5) is 0 Å². The summed E-state index contributed by atoms with van der Waals surface area (Å²) in [5.41, 5.74) is 2.28. The lowest BCUT2D eigenvalue weighted by Gasteiger charge is -2.21. The lowest BCUT2D eigenvalue weighted by molar-refractivity contribution is 0.0450. The van der Waals surface area contributed by atoms with Crippen LogP contribution < -0.4 is 9.47 Å². The van der Waals surface area contributed by atoms with Crippen molar-refractivity contribution in [2.75, 3.05) is 6.79 Å². The van der Waals surface area contributed by atoms with Crippen molar-refractivity contribution in [2.45, 2.75) is 71.3 Å². The average Bonchev–Trinajstić information content (AvgIpc) is 3.01. The third kappa shape index (κ3) is 5.58. The Hall–Kier alpha value is -1.48. The fraction of sp³-hybridized carbons (Fsp3) is 0.600. The van der Waals surface area contributed by atoms with Crippen LogP contribution in [0.25, 0.3) is 0 Å². The zero-order valence-corrected chi connectivity index (χ0v) is 14.7. The monoisotopic (exact) mass is 318 g/mol. The number of fused-ring (bicyclic) bond motifs is 1. The SMILES string of the molecule is CC/C(=C\CCc1ccc2c(c1)OCO2)CCCC(C)(O)CC. The van der Waals surface area contributed by atoms with Gasteiger partial charge in [-0.25, -0.2) is 0 Å². The van der Waals surface area contributed by atoms with Crippen LogP contribution in [0.2, 0.25) is 0 Å².